The van der Waals surface area contributed by atoms with Crippen molar-refractivity contribution in [2.75, 3.05) is 63.8 Å². The highest BCUT2D eigenvalue weighted by Gasteiger charge is 2.14. The monoisotopic (exact) mass is 529 g/mol. The maximum Gasteiger partial charge on any atom is 0.248 e. The van der Waals surface area contributed by atoms with E-state index in [1.165, 1.54) is 24.5 Å². The molecule has 0 atom stereocenters. The van der Waals surface area contributed by atoms with Crippen LogP contribution in [0, 0.1) is 5.82 Å². The number of halogens is 2. The van der Waals surface area contributed by atoms with Crippen LogP contribution < -0.4 is 15.4 Å². The molecule has 11 heteroatoms. The fourth-order valence-corrected chi connectivity index (χ4v) is 3.99. The van der Waals surface area contributed by atoms with Crippen LogP contribution in [0.5, 0.6) is 5.75 Å². The van der Waals surface area contributed by atoms with Crippen LogP contribution in [0.25, 0.3) is 10.9 Å². The van der Waals surface area contributed by atoms with Crippen molar-refractivity contribution in [1.82, 2.24) is 14.9 Å². The fraction of sp³-hybridized carbons (Fsp3) is 0.346. The van der Waals surface area contributed by atoms with Crippen molar-refractivity contribution in [2.24, 2.45) is 0 Å². The Balaban J connectivity index is 1.56. The highest BCUT2D eigenvalue weighted by atomic mass is 35.5. The molecule has 0 aliphatic carbocycles. The van der Waals surface area contributed by atoms with E-state index in [1.807, 2.05) is 6.08 Å². The average Bonchev–Trinajstić information content (AvgIpc) is 3.16. The average molecular weight is 530 g/mol. The zero-order valence-electron chi connectivity index (χ0n) is 20.5. The second-order valence-electron chi connectivity index (χ2n) is 8.34. The topological polar surface area (TPSA) is 97.8 Å². The number of nitrogens with one attached hydrogen (secondary N) is 2. The van der Waals surface area contributed by atoms with Crippen LogP contribution in [0.2, 0.25) is 5.02 Å². The molecule has 2 heterocycles. The zero-order chi connectivity index (χ0) is 26.0. The molecule has 1 saturated heterocycles. The van der Waals surface area contributed by atoms with Crippen molar-refractivity contribution in [3.63, 3.8) is 0 Å². The van der Waals surface area contributed by atoms with Crippen LogP contribution in [0.1, 0.15) is 6.42 Å². The van der Waals surface area contributed by atoms with Crippen molar-refractivity contribution in [3.8, 4) is 5.75 Å². The first kappa shape index (κ1) is 26.7. The summed E-state index contributed by atoms with van der Waals surface area (Å²) in [6.07, 6.45) is 5.73. The van der Waals surface area contributed by atoms with Gasteiger partial charge in [-0.2, -0.15) is 0 Å². The van der Waals surface area contributed by atoms with E-state index >= 15 is 0 Å². The second-order valence-corrected chi connectivity index (χ2v) is 8.75. The lowest BCUT2D eigenvalue weighted by Crippen LogP contribution is -2.26. The van der Waals surface area contributed by atoms with Gasteiger partial charge in [0.1, 0.15) is 30.3 Å². The zero-order valence-corrected chi connectivity index (χ0v) is 21.3. The third kappa shape index (κ3) is 7.59. The van der Waals surface area contributed by atoms with Crippen LogP contribution in [0.3, 0.4) is 0 Å². The summed E-state index contributed by atoms with van der Waals surface area (Å²) in [5, 5.41) is 6.66. The standard InChI is InChI=1S/C26H29ClFN5O4/c1-35-12-13-37-24-16-22-19(26(30-17-29-22)31-18-5-6-21(28)20(27)14-18)15-23(24)32-25(34)4-2-7-33-8-3-10-36-11-9-33/h2,4-6,14-17H,3,7-13H2,1H3,(H,32,34)(H,29,30,31). The van der Waals surface area contributed by atoms with E-state index in [-0.39, 0.29) is 10.9 Å². The van der Waals surface area contributed by atoms with Crippen LogP contribution in [0.15, 0.2) is 48.8 Å². The van der Waals surface area contributed by atoms with Gasteiger partial charge in [-0.3, -0.25) is 9.69 Å². The molecule has 1 aliphatic heterocycles. The largest absolute Gasteiger partial charge is 0.489 e. The van der Waals surface area contributed by atoms with Crippen LogP contribution in [-0.2, 0) is 14.3 Å². The number of methoxy groups -OCH3 is 1. The molecule has 1 amide bonds. The Morgan fingerprint density at radius 3 is 2.95 bits per heavy atom. The van der Waals surface area contributed by atoms with E-state index in [9.17, 15) is 9.18 Å². The summed E-state index contributed by atoms with van der Waals surface area (Å²) < 4.78 is 30.0. The summed E-state index contributed by atoms with van der Waals surface area (Å²) in [5.41, 5.74) is 1.60. The predicted octanol–water partition coefficient (Wildman–Crippen LogP) is 4.41. The van der Waals surface area contributed by atoms with Gasteiger partial charge in [-0.25, -0.2) is 14.4 Å². The third-order valence-corrected chi connectivity index (χ3v) is 5.96. The Morgan fingerprint density at radius 1 is 1.22 bits per heavy atom. The molecule has 3 aromatic rings. The smallest absolute Gasteiger partial charge is 0.248 e. The molecule has 196 valence electrons. The molecule has 1 fully saturated rings. The molecule has 1 aromatic heterocycles. The van der Waals surface area contributed by atoms with Crippen molar-refractivity contribution in [2.45, 2.75) is 6.42 Å². The SMILES string of the molecule is COCCOc1cc2ncnc(Nc3ccc(F)c(Cl)c3)c2cc1NC(=O)C=CCN1CCCOCC1. The summed E-state index contributed by atoms with van der Waals surface area (Å²) in [6, 6.07) is 7.76. The summed E-state index contributed by atoms with van der Waals surface area (Å²) in [7, 11) is 1.58. The number of rotatable bonds is 10. The number of nitrogens with zero attached hydrogens (tertiary/aromatic N) is 3. The number of benzene rings is 2. The second kappa shape index (κ2) is 13.3. The van der Waals surface area contributed by atoms with E-state index in [0.717, 1.165) is 26.1 Å². The molecule has 1 aliphatic rings. The van der Waals surface area contributed by atoms with E-state index < -0.39 is 5.82 Å². The number of carbonyl (C=O) groups excluding carboxylic acids is 1. The number of fused-ring (bicyclic) bond motifs is 1. The maximum absolute atomic E-state index is 13.6. The molecule has 0 unspecified atom stereocenters. The minimum atomic E-state index is -0.514. The highest BCUT2D eigenvalue weighted by molar-refractivity contribution is 6.31. The molecule has 37 heavy (non-hydrogen) atoms. The molecule has 0 radical (unpaired) electrons. The number of carbonyl (C=O) groups is 1. The van der Waals surface area contributed by atoms with Gasteiger partial charge in [0, 0.05) is 56.6 Å². The highest BCUT2D eigenvalue weighted by Crippen LogP contribution is 2.34. The van der Waals surface area contributed by atoms with Crippen molar-refractivity contribution in [1.29, 1.82) is 0 Å². The Labute approximate surface area is 219 Å². The van der Waals surface area contributed by atoms with Gasteiger partial charge < -0.3 is 24.8 Å². The van der Waals surface area contributed by atoms with Gasteiger partial charge in [-0.15, -0.1) is 0 Å². The summed E-state index contributed by atoms with van der Waals surface area (Å²) >= 11 is 5.92. The predicted molar refractivity (Wildman–Crippen MR) is 141 cm³/mol. The number of amides is 1. The molecule has 0 spiro atoms. The lowest BCUT2D eigenvalue weighted by molar-refractivity contribution is -0.111. The third-order valence-electron chi connectivity index (χ3n) is 5.67. The van der Waals surface area contributed by atoms with E-state index in [2.05, 4.69) is 25.5 Å². The summed E-state index contributed by atoms with van der Waals surface area (Å²) in [4.78, 5) is 23.7. The summed E-state index contributed by atoms with van der Waals surface area (Å²) in [6.45, 7) is 4.57. The van der Waals surface area contributed by atoms with E-state index in [4.69, 9.17) is 25.8 Å². The van der Waals surface area contributed by atoms with Crippen LogP contribution in [0.4, 0.5) is 21.6 Å². The molecule has 2 N–H and O–H groups in total. The number of anilines is 3. The lowest BCUT2D eigenvalue weighted by Gasteiger charge is -2.16. The molecule has 0 saturated carbocycles. The van der Waals surface area contributed by atoms with Gasteiger partial charge in [0.05, 0.1) is 29.4 Å². The van der Waals surface area contributed by atoms with Gasteiger partial charge in [0.25, 0.3) is 0 Å². The Hall–Kier alpha value is -3.31. The van der Waals surface area contributed by atoms with Crippen LogP contribution in [-0.4, -0.2) is 73.9 Å². The van der Waals surface area contributed by atoms with Crippen molar-refractivity contribution in [3.05, 3.63) is 59.7 Å². The normalized spacial score (nSPS) is 14.6. The van der Waals surface area contributed by atoms with Gasteiger partial charge in [0.15, 0.2) is 0 Å². The van der Waals surface area contributed by atoms with E-state index in [0.29, 0.717) is 60.2 Å². The van der Waals surface area contributed by atoms with Gasteiger partial charge in [0.2, 0.25) is 5.91 Å². The minimum Gasteiger partial charge on any atom is -0.489 e. The number of hydrogen-bond donors (Lipinski definition) is 2. The van der Waals surface area contributed by atoms with Gasteiger partial charge in [-0.05, 0) is 30.7 Å². The molecule has 0 bridgehead atoms. The first-order valence-corrected chi connectivity index (χ1v) is 12.3. The van der Waals surface area contributed by atoms with Gasteiger partial charge >= 0.3 is 0 Å². The summed E-state index contributed by atoms with van der Waals surface area (Å²) in [5.74, 6) is 0.106. The molecular formula is C26H29ClFN5O4. The molecule has 4 rings (SSSR count). The fourth-order valence-electron chi connectivity index (χ4n) is 3.81. The Morgan fingerprint density at radius 2 is 2.11 bits per heavy atom. The first-order chi connectivity index (χ1) is 18.0. The van der Waals surface area contributed by atoms with Crippen molar-refractivity contribution < 1.29 is 23.4 Å². The number of aromatic nitrogens is 2. The quantitative estimate of drug-likeness (QED) is 0.294. The molecule has 9 nitrogen and oxygen atoms in total. The van der Waals surface area contributed by atoms with Gasteiger partial charge in [-0.1, -0.05) is 17.7 Å². The Bertz CT molecular complexity index is 1250. The van der Waals surface area contributed by atoms with Crippen LogP contribution >= 0.6 is 11.6 Å². The Kier molecular flexibility index (Phi) is 9.61. The van der Waals surface area contributed by atoms with E-state index in [1.54, 1.807) is 25.3 Å². The lowest BCUT2D eigenvalue weighted by atomic mass is 10.1. The van der Waals surface area contributed by atoms with Crippen molar-refractivity contribution >= 4 is 45.6 Å². The number of hydrogen-bond acceptors (Lipinski definition) is 8. The minimum absolute atomic E-state index is 0.00960. The maximum atomic E-state index is 13.6. The first-order valence-electron chi connectivity index (χ1n) is 11.9. The number of ether oxygens (including phenoxy) is 3. The molecule has 2 aromatic carbocycles. The molecular weight excluding hydrogens is 501 g/mol.